The molecule has 144 valence electrons. The molecule has 4 nitrogen and oxygen atoms in total. The third kappa shape index (κ3) is 4.63. The van der Waals surface area contributed by atoms with Crippen LogP contribution in [0.1, 0.15) is 16.7 Å². The Bertz CT molecular complexity index is 1050. The minimum Gasteiger partial charge on any atom is -0.273 e. The molecule has 1 heterocycles. The van der Waals surface area contributed by atoms with Gasteiger partial charge in [0.05, 0.1) is 17.2 Å². The number of anilines is 1. The lowest BCUT2D eigenvalue weighted by atomic mass is 10.1. The average Bonchev–Trinajstić information content (AvgIpc) is 3.04. The van der Waals surface area contributed by atoms with Gasteiger partial charge in [-0.25, -0.2) is 0 Å². The number of para-hydroxylation sites is 1. The van der Waals surface area contributed by atoms with Crippen molar-refractivity contribution in [3.8, 4) is 0 Å². The minimum atomic E-state index is -0.220. The normalized spacial score (nSPS) is 18.1. The van der Waals surface area contributed by atoms with Gasteiger partial charge < -0.3 is 0 Å². The van der Waals surface area contributed by atoms with Crippen LogP contribution in [0.25, 0.3) is 0 Å². The maximum Gasteiger partial charge on any atom is 0.247 e. The molecular formula is C24H21N3OS. The van der Waals surface area contributed by atoms with E-state index in [1.807, 2.05) is 66.7 Å². The number of hydrogen-bond acceptors (Lipinski definition) is 4. The Hall–Kier alpha value is -3.18. The number of carbonyl (C=O) groups excluding carboxylic acids is 1. The van der Waals surface area contributed by atoms with Crippen LogP contribution < -0.4 is 4.90 Å². The van der Waals surface area contributed by atoms with E-state index in [-0.39, 0.29) is 11.2 Å². The summed E-state index contributed by atoms with van der Waals surface area (Å²) >= 11 is 1.47. The molecule has 3 aromatic rings. The van der Waals surface area contributed by atoms with E-state index in [2.05, 4.69) is 35.3 Å². The maximum atomic E-state index is 13.2. The molecule has 0 aromatic heterocycles. The van der Waals surface area contributed by atoms with E-state index in [0.29, 0.717) is 11.6 Å². The first-order valence-electron chi connectivity index (χ1n) is 9.48. The summed E-state index contributed by atoms with van der Waals surface area (Å²) in [6.07, 6.45) is 2.37. The summed E-state index contributed by atoms with van der Waals surface area (Å²) in [5.74, 6) is 0.0383. The number of benzene rings is 3. The lowest BCUT2D eigenvalue weighted by molar-refractivity contribution is -0.116. The Morgan fingerprint density at radius 2 is 1.69 bits per heavy atom. The molecule has 0 N–H and O–H groups in total. The summed E-state index contributed by atoms with van der Waals surface area (Å²) in [5, 5.41) is 9.01. The summed E-state index contributed by atoms with van der Waals surface area (Å²) in [6, 6.07) is 27.7. The van der Waals surface area contributed by atoms with Crippen molar-refractivity contribution in [2.24, 2.45) is 10.2 Å². The van der Waals surface area contributed by atoms with Gasteiger partial charge in [0.15, 0.2) is 5.17 Å². The van der Waals surface area contributed by atoms with Gasteiger partial charge in [0.1, 0.15) is 0 Å². The quantitative estimate of drug-likeness (QED) is 0.444. The van der Waals surface area contributed by atoms with Gasteiger partial charge in [-0.05, 0) is 36.6 Å². The van der Waals surface area contributed by atoms with Crippen molar-refractivity contribution >= 4 is 34.7 Å². The lowest BCUT2D eigenvalue weighted by Crippen LogP contribution is -2.32. The standard InChI is InChI=1S/C24H21N3OS/c1-18-9-8-12-20(15-18)16-22-23(28)27(21-13-6-3-7-14-21)24(29-22)26-25-17-19-10-4-2-5-11-19/h2-15,17,22H,16H2,1H3/b25-17-,26-24+/t22-/m1/s1. The first-order valence-corrected chi connectivity index (χ1v) is 10.4. The van der Waals surface area contributed by atoms with Crippen LogP contribution in [0.4, 0.5) is 5.69 Å². The van der Waals surface area contributed by atoms with Crippen molar-refractivity contribution in [2.45, 2.75) is 18.6 Å². The van der Waals surface area contributed by atoms with Crippen LogP contribution in [-0.2, 0) is 11.2 Å². The molecule has 0 radical (unpaired) electrons. The monoisotopic (exact) mass is 399 g/mol. The molecule has 1 fully saturated rings. The van der Waals surface area contributed by atoms with Crippen LogP contribution in [0, 0.1) is 6.92 Å². The number of amides is 1. The molecule has 29 heavy (non-hydrogen) atoms. The molecule has 1 aliphatic heterocycles. The fourth-order valence-corrected chi connectivity index (χ4v) is 4.35. The summed E-state index contributed by atoms with van der Waals surface area (Å²) in [7, 11) is 0. The van der Waals surface area contributed by atoms with E-state index in [1.54, 1.807) is 11.1 Å². The molecule has 1 aliphatic rings. The van der Waals surface area contributed by atoms with Crippen LogP contribution in [0.5, 0.6) is 0 Å². The topological polar surface area (TPSA) is 45.0 Å². The second-order valence-electron chi connectivity index (χ2n) is 6.85. The zero-order valence-electron chi connectivity index (χ0n) is 16.1. The molecule has 0 saturated carbocycles. The zero-order valence-corrected chi connectivity index (χ0v) is 16.9. The van der Waals surface area contributed by atoms with Gasteiger partial charge in [-0.1, -0.05) is 90.1 Å². The lowest BCUT2D eigenvalue weighted by Gasteiger charge is -2.15. The highest BCUT2D eigenvalue weighted by Crippen LogP contribution is 2.34. The molecule has 0 spiro atoms. The number of thioether (sulfide) groups is 1. The number of hydrogen-bond donors (Lipinski definition) is 0. The van der Waals surface area contributed by atoms with Crippen molar-refractivity contribution < 1.29 is 4.79 Å². The average molecular weight is 400 g/mol. The number of aryl methyl sites for hydroxylation is 1. The summed E-state index contributed by atoms with van der Waals surface area (Å²) < 4.78 is 0. The Balaban J connectivity index is 1.61. The second kappa shape index (κ2) is 8.88. The van der Waals surface area contributed by atoms with Crippen LogP contribution in [0.15, 0.2) is 95.1 Å². The van der Waals surface area contributed by atoms with E-state index >= 15 is 0 Å². The van der Waals surface area contributed by atoms with Crippen molar-refractivity contribution in [3.63, 3.8) is 0 Å². The minimum absolute atomic E-state index is 0.0383. The van der Waals surface area contributed by atoms with Gasteiger partial charge in [0, 0.05) is 0 Å². The zero-order chi connectivity index (χ0) is 20.1. The first kappa shape index (κ1) is 19.2. The molecule has 1 atom stereocenters. The summed E-state index contributed by atoms with van der Waals surface area (Å²) in [5.41, 5.74) is 4.12. The Morgan fingerprint density at radius 3 is 2.41 bits per heavy atom. The Morgan fingerprint density at radius 1 is 0.966 bits per heavy atom. The van der Waals surface area contributed by atoms with E-state index in [4.69, 9.17) is 0 Å². The fraction of sp³-hybridized carbons (Fsp3) is 0.125. The van der Waals surface area contributed by atoms with Crippen molar-refractivity contribution in [1.29, 1.82) is 0 Å². The SMILES string of the molecule is Cc1cccc(C[C@H]2S/C(=N/N=C\c3ccccc3)N(c3ccccc3)C2=O)c1. The highest BCUT2D eigenvalue weighted by Gasteiger charge is 2.39. The highest BCUT2D eigenvalue weighted by molar-refractivity contribution is 8.16. The third-order valence-corrected chi connectivity index (χ3v) is 5.73. The van der Waals surface area contributed by atoms with E-state index in [1.165, 1.54) is 17.3 Å². The molecular weight excluding hydrogens is 378 g/mol. The van der Waals surface area contributed by atoms with Crippen LogP contribution >= 0.6 is 11.8 Å². The molecule has 1 amide bonds. The number of rotatable bonds is 5. The molecule has 5 heteroatoms. The fourth-order valence-electron chi connectivity index (χ4n) is 3.22. The van der Waals surface area contributed by atoms with Gasteiger partial charge in [-0.2, -0.15) is 5.10 Å². The predicted octanol–water partition coefficient (Wildman–Crippen LogP) is 5.08. The largest absolute Gasteiger partial charge is 0.273 e. The second-order valence-corrected chi connectivity index (χ2v) is 8.02. The van der Waals surface area contributed by atoms with E-state index in [9.17, 15) is 4.79 Å². The Labute approximate surface area is 175 Å². The van der Waals surface area contributed by atoms with Crippen molar-refractivity contribution in [3.05, 3.63) is 102 Å². The van der Waals surface area contributed by atoms with Crippen molar-refractivity contribution in [2.75, 3.05) is 4.90 Å². The van der Waals surface area contributed by atoms with Crippen LogP contribution in [0.2, 0.25) is 0 Å². The van der Waals surface area contributed by atoms with E-state index < -0.39 is 0 Å². The number of carbonyl (C=O) groups is 1. The van der Waals surface area contributed by atoms with Gasteiger partial charge in [-0.15, -0.1) is 5.10 Å². The molecule has 3 aromatic carbocycles. The number of amidine groups is 1. The number of nitrogens with zero attached hydrogens (tertiary/aromatic N) is 3. The van der Waals surface area contributed by atoms with Gasteiger partial charge in [0.25, 0.3) is 0 Å². The highest BCUT2D eigenvalue weighted by atomic mass is 32.2. The van der Waals surface area contributed by atoms with Gasteiger partial charge >= 0.3 is 0 Å². The smallest absolute Gasteiger partial charge is 0.247 e. The van der Waals surface area contributed by atoms with E-state index in [0.717, 1.165) is 16.8 Å². The van der Waals surface area contributed by atoms with Crippen LogP contribution in [0.3, 0.4) is 0 Å². The molecule has 0 unspecified atom stereocenters. The maximum absolute atomic E-state index is 13.2. The molecule has 4 rings (SSSR count). The first-order chi connectivity index (χ1) is 14.2. The summed E-state index contributed by atoms with van der Waals surface area (Å²) in [4.78, 5) is 14.9. The van der Waals surface area contributed by atoms with Crippen LogP contribution in [-0.4, -0.2) is 22.5 Å². The molecule has 0 aliphatic carbocycles. The Kier molecular flexibility index (Phi) is 5.86. The molecule has 1 saturated heterocycles. The van der Waals surface area contributed by atoms with Gasteiger partial charge in [-0.3, -0.25) is 9.69 Å². The van der Waals surface area contributed by atoms with Crippen molar-refractivity contribution in [1.82, 2.24) is 0 Å². The predicted molar refractivity (Wildman–Crippen MR) is 122 cm³/mol. The molecule has 0 bridgehead atoms. The third-order valence-electron chi connectivity index (χ3n) is 4.60. The summed E-state index contributed by atoms with van der Waals surface area (Å²) in [6.45, 7) is 2.06. The van der Waals surface area contributed by atoms with Gasteiger partial charge in [0.2, 0.25) is 5.91 Å².